The molecule has 0 heterocycles. The van der Waals surface area contributed by atoms with Crippen LogP contribution in [0.1, 0.15) is 59.8 Å². The average molecular weight is 278 g/mol. The fraction of sp³-hybridized carbons (Fsp3) is 0.833. The van der Waals surface area contributed by atoms with Gasteiger partial charge in [-0.2, -0.15) is 0 Å². The van der Waals surface area contributed by atoms with E-state index in [2.05, 4.69) is 34.3 Å². The summed E-state index contributed by atoms with van der Waals surface area (Å²) in [5.41, 5.74) is 1.21. The van der Waals surface area contributed by atoms with Crippen molar-refractivity contribution < 1.29 is 9.53 Å². The van der Waals surface area contributed by atoms with Crippen molar-refractivity contribution in [1.82, 2.24) is 0 Å². The highest BCUT2D eigenvalue weighted by Crippen LogP contribution is 2.38. The molecule has 2 fully saturated rings. The van der Waals surface area contributed by atoms with Gasteiger partial charge in [0.25, 0.3) is 0 Å². The highest BCUT2D eigenvalue weighted by atomic mass is 16.5. The van der Waals surface area contributed by atoms with Crippen LogP contribution in [-0.2, 0) is 9.53 Å². The molecule has 0 aromatic heterocycles. The standard InChI is InChI=1S/C18H30O2/c1-11(2)16-7-6-12(3)8-17(16)20-18(19)15-9-13(4)14(5)10-15/h11-12,14-17H,4,6-10H2,1-3,5H3. The SMILES string of the molecule is C=C1CC(C(=O)OC2CC(C)CCC2C(C)C)CC1C. The van der Waals surface area contributed by atoms with Gasteiger partial charge in [0.15, 0.2) is 0 Å². The third kappa shape index (κ3) is 3.45. The van der Waals surface area contributed by atoms with Gasteiger partial charge in [-0.25, -0.2) is 0 Å². The van der Waals surface area contributed by atoms with Gasteiger partial charge in [-0.15, -0.1) is 0 Å². The Bertz CT molecular complexity index is 372. The molecule has 2 heteroatoms. The zero-order chi connectivity index (χ0) is 14.9. The van der Waals surface area contributed by atoms with Gasteiger partial charge >= 0.3 is 5.97 Å². The van der Waals surface area contributed by atoms with Gasteiger partial charge in [-0.3, -0.25) is 4.79 Å². The second-order valence-corrected chi connectivity index (χ2v) is 7.50. The van der Waals surface area contributed by atoms with E-state index in [-0.39, 0.29) is 18.0 Å². The van der Waals surface area contributed by atoms with Gasteiger partial charge in [0, 0.05) is 0 Å². The summed E-state index contributed by atoms with van der Waals surface area (Å²) >= 11 is 0. The van der Waals surface area contributed by atoms with Crippen LogP contribution in [-0.4, -0.2) is 12.1 Å². The monoisotopic (exact) mass is 278 g/mol. The number of rotatable bonds is 3. The zero-order valence-electron chi connectivity index (χ0n) is 13.5. The van der Waals surface area contributed by atoms with Crippen LogP contribution in [0.2, 0.25) is 0 Å². The number of allylic oxidation sites excluding steroid dienone is 1. The maximum Gasteiger partial charge on any atom is 0.309 e. The smallest absolute Gasteiger partial charge is 0.309 e. The molecule has 0 radical (unpaired) electrons. The molecule has 2 aliphatic rings. The molecule has 20 heavy (non-hydrogen) atoms. The van der Waals surface area contributed by atoms with E-state index in [0.717, 1.165) is 19.3 Å². The molecule has 0 N–H and O–H groups in total. The van der Waals surface area contributed by atoms with Crippen molar-refractivity contribution in [3.8, 4) is 0 Å². The van der Waals surface area contributed by atoms with Gasteiger partial charge in [0.05, 0.1) is 5.92 Å². The van der Waals surface area contributed by atoms with Crippen LogP contribution >= 0.6 is 0 Å². The molecular weight excluding hydrogens is 248 g/mol. The minimum absolute atomic E-state index is 0.0280. The molecule has 0 aromatic carbocycles. The Morgan fingerprint density at radius 1 is 1.25 bits per heavy atom. The minimum Gasteiger partial charge on any atom is -0.462 e. The van der Waals surface area contributed by atoms with E-state index in [1.807, 2.05) is 0 Å². The minimum atomic E-state index is 0.0280. The first-order valence-corrected chi connectivity index (χ1v) is 8.26. The Morgan fingerprint density at radius 3 is 2.50 bits per heavy atom. The Hall–Kier alpha value is -0.790. The number of ether oxygens (including phenoxy) is 1. The van der Waals surface area contributed by atoms with Crippen molar-refractivity contribution in [2.45, 2.75) is 65.9 Å². The van der Waals surface area contributed by atoms with Crippen LogP contribution < -0.4 is 0 Å². The summed E-state index contributed by atoms with van der Waals surface area (Å²) in [6.07, 6.45) is 5.40. The number of esters is 1. The van der Waals surface area contributed by atoms with Gasteiger partial charge in [-0.05, 0) is 49.4 Å². The summed E-state index contributed by atoms with van der Waals surface area (Å²) in [6, 6.07) is 0. The summed E-state index contributed by atoms with van der Waals surface area (Å²) in [7, 11) is 0. The molecule has 2 aliphatic carbocycles. The topological polar surface area (TPSA) is 26.3 Å². The molecule has 0 spiro atoms. The van der Waals surface area contributed by atoms with E-state index in [1.54, 1.807) is 0 Å². The summed E-state index contributed by atoms with van der Waals surface area (Å²) in [5.74, 6) is 2.37. The Kier molecular flexibility index (Phi) is 4.93. The molecular formula is C18H30O2. The number of carbonyl (C=O) groups is 1. The van der Waals surface area contributed by atoms with E-state index in [4.69, 9.17) is 4.74 Å². The van der Waals surface area contributed by atoms with E-state index >= 15 is 0 Å². The van der Waals surface area contributed by atoms with Crippen molar-refractivity contribution in [2.75, 3.05) is 0 Å². The Balaban J connectivity index is 1.96. The van der Waals surface area contributed by atoms with Crippen molar-refractivity contribution in [3.63, 3.8) is 0 Å². The first kappa shape index (κ1) is 15.6. The highest BCUT2D eigenvalue weighted by Gasteiger charge is 2.37. The molecule has 0 saturated heterocycles. The second kappa shape index (κ2) is 6.32. The average Bonchev–Trinajstić information content (AvgIpc) is 2.69. The van der Waals surface area contributed by atoms with E-state index in [0.29, 0.717) is 23.7 Å². The molecule has 5 unspecified atom stereocenters. The van der Waals surface area contributed by atoms with Crippen molar-refractivity contribution in [1.29, 1.82) is 0 Å². The van der Waals surface area contributed by atoms with Crippen LogP contribution in [0.5, 0.6) is 0 Å². The van der Waals surface area contributed by atoms with Crippen LogP contribution in [0.4, 0.5) is 0 Å². The number of hydrogen-bond donors (Lipinski definition) is 0. The van der Waals surface area contributed by atoms with E-state index in [9.17, 15) is 4.79 Å². The van der Waals surface area contributed by atoms with Crippen molar-refractivity contribution in [2.24, 2.45) is 29.6 Å². The van der Waals surface area contributed by atoms with E-state index < -0.39 is 0 Å². The fourth-order valence-corrected chi connectivity index (χ4v) is 3.87. The lowest BCUT2D eigenvalue weighted by Gasteiger charge is -2.37. The molecule has 0 aliphatic heterocycles. The Labute approximate surface area is 124 Å². The van der Waals surface area contributed by atoms with E-state index in [1.165, 1.54) is 18.4 Å². The number of hydrogen-bond acceptors (Lipinski definition) is 2. The lowest BCUT2D eigenvalue weighted by atomic mass is 9.75. The quantitative estimate of drug-likeness (QED) is 0.557. The lowest BCUT2D eigenvalue weighted by Crippen LogP contribution is -2.37. The third-order valence-electron chi connectivity index (χ3n) is 5.41. The van der Waals surface area contributed by atoms with Gasteiger partial charge in [-0.1, -0.05) is 46.3 Å². The summed E-state index contributed by atoms with van der Waals surface area (Å²) in [4.78, 5) is 12.4. The fourth-order valence-electron chi connectivity index (χ4n) is 3.87. The maximum atomic E-state index is 12.4. The number of carbonyl (C=O) groups excluding carboxylic acids is 1. The largest absolute Gasteiger partial charge is 0.462 e. The zero-order valence-corrected chi connectivity index (χ0v) is 13.5. The summed E-state index contributed by atoms with van der Waals surface area (Å²) in [5, 5.41) is 0. The van der Waals surface area contributed by atoms with Crippen LogP contribution in [0, 0.1) is 29.6 Å². The maximum absolute atomic E-state index is 12.4. The van der Waals surface area contributed by atoms with Crippen LogP contribution in [0.25, 0.3) is 0 Å². The summed E-state index contributed by atoms with van der Waals surface area (Å²) in [6.45, 7) is 13.0. The lowest BCUT2D eigenvalue weighted by molar-refractivity contribution is -0.160. The molecule has 5 atom stereocenters. The third-order valence-corrected chi connectivity index (χ3v) is 5.41. The molecule has 0 amide bonds. The normalized spacial score (nSPS) is 38.2. The molecule has 0 aromatic rings. The molecule has 2 nitrogen and oxygen atoms in total. The second-order valence-electron chi connectivity index (χ2n) is 7.50. The van der Waals surface area contributed by atoms with Gasteiger partial charge in [0.1, 0.15) is 6.10 Å². The van der Waals surface area contributed by atoms with Crippen LogP contribution in [0.15, 0.2) is 12.2 Å². The predicted octanol–water partition coefficient (Wildman–Crippen LogP) is 4.59. The predicted molar refractivity (Wildman–Crippen MR) is 82.3 cm³/mol. The van der Waals surface area contributed by atoms with Crippen molar-refractivity contribution in [3.05, 3.63) is 12.2 Å². The molecule has 2 saturated carbocycles. The molecule has 2 rings (SSSR count). The first-order chi connectivity index (χ1) is 9.38. The first-order valence-electron chi connectivity index (χ1n) is 8.26. The molecule has 114 valence electrons. The van der Waals surface area contributed by atoms with Gasteiger partial charge < -0.3 is 4.74 Å². The Morgan fingerprint density at radius 2 is 1.95 bits per heavy atom. The molecule has 0 bridgehead atoms. The highest BCUT2D eigenvalue weighted by molar-refractivity contribution is 5.73. The van der Waals surface area contributed by atoms with Crippen molar-refractivity contribution >= 4 is 5.97 Å². The van der Waals surface area contributed by atoms with Crippen LogP contribution in [0.3, 0.4) is 0 Å². The summed E-state index contributed by atoms with van der Waals surface area (Å²) < 4.78 is 5.94. The van der Waals surface area contributed by atoms with Gasteiger partial charge in [0.2, 0.25) is 0 Å².